The van der Waals surface area contributed by atoms with E-state index < -0.39 is 0 Å². The molecule has 0 fully saturated rings. The van der Waals surface area contributed by atoms with E-state index >= 15 is 0 Å². The number of nitrogens with zero attached hydrogens (tertiary/aromatic N) is 2. The zero-order valence-corrected chi connectivity index (χ0v) is 14.0. The van der Waals surface area contributed by atoms with Crippen molar-refractivity contribution in [3.63, 3.8) is 0 Å². The molecule has 0 saturated heterocycles. The summed E-state index contributed by atoms with van der Waals surface area (Å²) < 4.78 is 0. The Hall–Kier alpha value is -1.06. The lowest BCUT2D eigenvalue weighted by Gasteiger charge is -2.32. The van der Waals surface area contributed by atoms with E-state index in [1.54, 1.807) is 0 Å². The van der Waals surface area contributed by atoms with Crippen LogP contribution >= 0.6 is 0 Å². The maximum absolute atomic E-state index is 3.40. The molecule has 0 aliphatic carbocycles. The van der Waals surface area contributed by atoms with Crippen LogP contribution in [0.25, 0.3) is 0 Å². The Morgan fingerprint density at radius 2 is 1.90 bits per heavy atom. The Morgan fingerprint density at radius 3 is 2.40 bits per heavy atom. The van der Waals surface area contributed by atoms with Gasteiger partial charge in [-0.15, -0.1) is 0 Å². The number of nitrogens with one attached hydrogen (secondary N) is 1. The van der Waals surface area contributed by atoms with E-state index in [-0.39, 0.29) is 0 Å². The van der Waals surface area contributed by atoms with Gasteiger partial charge < -0.3 is 15.1 Å². The van der Waals surface area contributed by atoms with Crippen LogP contribution in [0.2, 0.25) is 0 Å². The Kier molecular flexibility index (Phi) is 7.03. The molecule has 114 valence electrons. The van der Waals surface area contributed by atoms with E-state index in [1.807, 2.05) is 0 Å². The normalized spacial score (nSPS) is 12.8. The molecule has 0 saturated carbocycles. The van der Waals surface area contributed by atoms with Crippen molar-refractivity contribution in [2.45, 2.75) is 40.3 Å². The minimum Gasteiger partial charge on any atom is -0.368 e. The molecule has 1 aromatic rings. The Balaban J connectivity index is 2.85. The third-order valence-corrected chi connectivity index (χ3v) is 3.73. The first-order valence-corrected chi connectivity index (χ1v) is 7.71. The lowest BCUT2D eigenvalue weighted by molar-refractivity contribution is 0.373. The van der Waals surface area contributed by atoms with Crippen LogP contribution in [0, 0.1) is 6.92 Å². The molecule has 0 aliphatic rings. The topological polar surface area (TPSA) is 18.5 Å². The SMILES string of the molecule is CCNCc1ccc(N(CC)C(C)CN(C)C)cc1C. The molecule has 0 aliphatic heterocycles. The van der Waals surface area contributed by atoms with Gasteiger partial charge in [-0.2, -0.15) is 0 Å². The third-order valence-electron chi connectivity index (χ3n) is 3.73. The second-order valence-electron chi connectivity index (χ2n) is 5.79. The fraction of sp³-hybridized carbons (Fsp3) is 0.647. The van der Waals surface area contributed by atoms with Crippen LogP contribution in [-0.2, 0) is 6.54 Å². The van der Waals surface area contributed by atoms with Gasteiger partial charge in [-0.3, -0.25) is 0 Å². The molecule has 1 N–H and O–H groups in total. The van der Waals surface area contributed by atoms with Crippen LogP contribution in [0.4, 0.5) is 5.69 Å². The summed E-state index contributed by atoms with van der Waals surface area (Å²) in [5.74, 6) is 0. The molecule has 3 nitrogen and oxygen atoms in total. The molecule has 0 bridgehead atoms. The van der Waals surface area contributed by atoms with Gasteiger partial charge >= 0.3 is 0 Å². The van der Waals surface area contributed by atoms with Gasteiger partial charge in [0.2, 0.25) is 0 Å². The first-order chi connectivity index (χ1) is 9.49. The van der Waals surface area contributed by atoms with Gasteiger partial charge in [0.1, 0.15) is 0 Å². The molecule has 0 aromatic heterocycles. The summed E-state index contributed by atoms with van der Waals surface area (Å²) in [4.78, 5) is 4.73. The second-order valence-corrected chi connectivity index (χ2v) is 5.79. The number of hydrogen-bond acceptors (Lipinski definition) is 3. The van der Waals surface area contributed by atoms with Gasteiger partial charge in [0.05, 0.1) is 0 Å². The predicted molar refractivity (Wildman–Crippen MR) is 89.6 cm³/mol. The van der Waals surface area contributed by atoms with Gasteiger partial charge in [-0.25, -0.2) is 0 Å². The van der Waals surface area contributed by atoms with E-state index in [1.165, 1.54) is 16.8 Å². The summed E-state index contributed by atoms with van der Waals surface area (Å²) in [6.45, 7) is 13.0. The molecule has 1 rings (SSSR count). The maximum Gasteiger partial charge on any atom is 0.0388 e. The van der Waals surface area contributed by atoms with Crippen molar-refractivity contribution in [1.82, 2.24) is 10.2 Å². The summed E-state index contributed by atoms with van der Waals surface area (Å²) in [5.41, 5.74) is 4.10. The molecule has 1 atom stereocenters. The van der Waals surface area contributed by atoms with E-state index in [4.69, 9.17) is 0 Å². The molecular formula is C17H31N3. The average Bonchev–Trinajstić information content (AvgIpc) is 2.37. The monoisotopic (exact) mass is 277 g/mol. The highest BCUT2D eigenvalue weighted by atomic mass is 15.2. The highest BCUT2D eigenvalue weighted by molar-refractivity contribution is 5.51. The maximum atomic E-state index is 3.40. The van der Waals surface area contributed by atoms with Crippen molar-refractivity contribution >= 4 is 5.69 Å². The Morgan fingerprint density at radius 1 is 1.20 bits per heavy atom. The fourth-order valence-corrected chi connectivity index (χ4v) is 2.69. The van der Waals surface area contributed by atoms with Crippen LogP contribution in [0.3, 0.4) is 0 Å². The molecular weight excluding hydrogens is 246 g/mol. The Labute approximate surface area is 125 Å². The smallest absolute Gasteiger partial charge is 0.0388 e. The number of likely N-dealkylation sites (N-methyl/N-ethyl adjacent to an activating group) is 2. The molecule has 20 heavy (non-hydrogen) atoms. The highest BCUT2D eigenvalue weighted by Gasteiger charge is 2.14. The quantitative estimate of drug-likeness (QED) is 0.788. The number of hydrogen-bond donors (Lipinski definition) is 1. The summed E-state index contributed by atoms with van der Waals surface area (Å²) in [5, 5.41) is 3.40. The van der Waals surface area contributed by atoms with Crippen molar-refractivity contribution in [2.75, 3.05) is 38.6 Å². The van der Waals surface area contributed by atoms with Crippen LogP contribution in [0.1, 0.15) is 31.9 Å². The molecule has 0 spiro atoms. The first kappa shape index (κ1) is 17.0. The second kappa shape index (κ2) is 8.28. The summed E-state index contributed by atoms with van der Waals surface area (Å²) >= 11 is 0. The zero-order valence-electron chi connectivity index (χ0n) is 14.0. The predicted octanol–water partition coefficient (Wildman–Crippen LogP) is 2.88. The van der Waals surface area contributed by atoms with Gasteiger partial charge in [0.15, 0.2) is 0 Å². The molecule has 0 heterocycles. The molecule has 0 radical (unpaired) electrons. The van der Waals surface area contributed by atoms with E-state index in [9.17, 15) is 0 Å². The van der Waals surface area contributed by atoms with Crippen molar-refractivity contribution in [3.05, 3.63) is 29.3 Å². The number of aryl methyl sites for hydroxylation is 1. The average molecular weight is 277 g/mol. The number of anilines is 1. The molecule has 1 unspecified atom stereocenters. The molecule has 3 heteroatoms. The Bertz CT molecular complexity index is 401. The minimum atomic E-state index is 0.522. The van der Waals surface area contributed by atoms with Gasteiger partial charge in [-0.1, -0.05) is 13.0 Å². The lowest BCUT2D eigenvalue weighted by Crippen LogP contribution is -2.40. The van der Waals surface area contributed by atoms with Crippen LogP contribution in [-0.4, -0.2) is 44.7 Å². The third kappa shape index (κ3) is 4.80. The summed E-state index contributed by atoms with van der Waals surface area (Å²) in [6.07, 6.45) is 0. The minimum absolute atomic E-state index is 0.522. The van der Waals surface area contributed by atoms with E-state index in [2.05, 4.69) is 75.1 Å². The van der Waals surface area contributed by atoms with E-state index in [0.29, 0.717) is 6.04 Å². The van der Waals surface area contributed by atoms with Crippen molar-refractivity contribution in [2.24, 2.45) is 0 Å². The summed E-state index contributed by atoms with van der Waals surface area (Å²) in [7, 11) is 4.27. The van der Waals surface area contributed by atoms with Gasteiger partial charge in [0, 0.05) is 31.4 Å². The first-order valence-electron chi connectivity index (χ1n) is 7.71. The zero-order chi connectivity index (χ0) is 15.1. The van der Waals surface area contributed by atoms with Crippen LogP contribution in [0.5, 0.6) is 0 Å². The fourth-order valence-electron chi connectivity index (χ4n) is 2.69. The highest BCUT2D eigenvalue weighted by Crippen LogP contribution is 2.21. The standard InChI is InChI=1S/C17H31N3/c1-7-18-12-16-9-10-17(11-14(16)3)20(8-2)15(4)13-19(5)6/h9-11,15,18H,7-8,12-13H2,1-6H3. The van der Waals surface area contributed by atoms with E-state index in [0.717, 1.165) is 26.2 Å². The van der Waals surface area contributed by atoms with Crippen LogP contribution < -0.4 is 10.2 Å². The van der Waals surface area contributed by atoms with Crippen molar-refractivity contribution < 1.29 is 0 Å². The summed E-state index contributed by atoms with van der Waals surface area (Å²) in [6, 6.07) is 7.37. The van der Waals surface area contributed by atoms with Crippen molar-refractivity contribution in [3.8, 4) is 0 Å². The van der Waals surface area contributed by atoms with Gasteiger partial charge in [0.25, 0.3) is 0 Å². The number of rotatable bonds is 8. The van der Waals surface area contributed by atoms with Crippen LogP contribution in [0.15, 0.2) is 18.2 Å². The lowest BCUT2D eigenvalue weighted by atomic mass is 10.1. The van der Waals surface area contributed by atoms with Gasteiger partial charge in [-0.05, 0) is 64.7 Å². The number of benzene rings is 1. The largest absolute Gasteiger partial charge is 0.368 e. The van der Waals surface area contributed by atoms with Crippen molar-refractivity contribution in [1.29, 1.82) is 0 Å². The molecule has 1 aromatic carbocycles. The molecule has 0 amide bonds.